The Morgan fingerprint density at radius 3 is 1.48 bits per heavy atom. The molecule has 29 heavy (non-hydrogen) atoms. The molecule has 0 spiro atoms. The maximum Gasteiger partial charge on any atom is 0.332 e. The number of hydrogen-bond donors (Lipinski definition) is 0. The minimum atomic E-state index is -3.32. The van der Waals surface area contributed by atoms with Crippen LogP contribution in [0.2, 0.25) is 0 Å². The van der Waals surface area contributed by atoms with E-state index >= 15 is 0 Å². The fourth-order valence-corrected chi connectivity index (χ4v) is 5.90. The summed E-state index contributed by atoms with van der Waals surface area (Å²) >= 11 is 0. The van der Waals surface area contributed by atoms with E-state index in [4.69, 9.17) is 18.1 Å². The van der Waals surface area contributed by atoms with Gasteiger partial charge in [-0.3, -0.25) is 13.9 Å². The molecule has 0 bridgehead atoms. The van der Waals surface area contributed by atoms with Crippen molar-refractivity contribution in [3.8, 4) is 0 Å². The number of rotatable bonds is 15. The van der Waals surface area contributed by atoms with Gasteiger partial charge in [0, 0.05) is 18.7 Å². The summed E-state index contributed by atoms with van der Waals surface area (Å²) in [7, 11) is -6.64. The number of hydrogen-bond acceptors (Lipinski definition) is 7. The molecule has 0 atom stereocenters. The second kappa shape index (κ2) is 13.3. The first-order chi connectivity index (χ1) is 13.8. The molecule has 0 aliphatic heterocycles. The van der Waals surface area contributed by atoms with E-state index in [0.29, 0.717) is 5.56 Å². The molecule has 0 saturated carbocycles. The summed E-state index contributed by atoms with van der Waals surface area (Å²) in [6, 6.07) is 8.75. The van der Waals surface area contributed by atoms with E-state index in [2.05, 4.69) is 0 Å². The van der Waals surface area contributed by atoms with Gasteiger partial charge in [-0.1, -0.05) is 18.2 Å². The maximum atomic E-state index is 13.0. The number of carbonyl (C=O) groups excluding carboxylic acids is 1. The van der Waals surface area contributed by atoms with Crippen molar-refractivity contribution >= 4 is 21.1 Å². The van der Waals surface area contributed by atoms with Gasteiger partial charge in [0.25, 0.3) is 5.91 Å². The van der Waals surface area contributed by atoms with Crippen LogP contribution in [-0.2, 0) is 27.2 Å². The molecule has 0 saturated heterocycles. The molecule has 0 radical (unpaired) electrons. The predicted octanol–water partition coefficient (Wildman–Crippen LogP) is 4.66. The predicted molar refractivity (Wildman–Crippen MR) is 114 cm³/mol. The van der Waals surface area contributed by atoms with Crippen LogP contribution in [0.25, 0.3) is 0 Å². The van der Waals surface area contributed by atoms with Crippen molar-refractivity contribution in [2.75, 3.05) is 51.8 Å². The largest absolute Gasteiger partial charge is 0.337 e. The Bertz CT molecular complexity index is 645. The SMILES string of the molecule is CCOP(=O)(CCN(CCP(=O)(OCC)OCC)C(=O)c1ccccc1)OCC. The normalized spacial score (nSPS) is 12.1. The van der Waals surface area contributed by atoms with Crippen LogP contribution in [0.5, 0.6) is 0 Å². The van der Waals surface area contributed by atoms with Crippen molar-refractivity contribution in [3.63, 3.8) is 0 Å². The first-order valence-corrected chi connectivity index (χ1v) is 13.4. The highest BCUT2D eigenvalue weighted by Crippen LogP contribution is 2.49. The van der Waals surface area contributed by atoms with Crippen LogP contribution in [0.1, 0.15) is 38.1 Å². The van der Waals surface area contributed by atoms with Crippen LogP contribution >= 0.6 is 15.2 Å². The molecule has 1 amide bonds. The maximum absolute atomic E-state index is 13.0. The summed E-state index contributed by atoms with van der Waals surface area (Å²) in [5, 5.41) is 0. The molecular formula is C19H33NO7P2. The van der Waals surface area contributed by atoms with Gasteiger partial charge in [-0.25, -0.2) is 0 Å². The Labute approximate surface area is 173 Å². The standard InChI is InChI=1S/C19H33NO7P2/c1-5-24-28(22,25-6-2)16-14-20(19(21)18-12-10-9-11-13-18)15-17-29(23,26-7-3)27-8-4/h9-13H,5-8,14-17H2,1-4H3. The molecule has 0 aromatic heterocycles. The van der Waals surface area contributed by atoms with E-state index in [-0.39, 0.29) is 57.7 Å². The Morgan fingerprint density at radius 1 is 0.759 bits per heavy atom. The molecule has 10 heteroatoms. The second-order valence-corrected chi connectivity index (χ2v) is 10.4. The van der Waals surface area contributed by atoms with Gasteiger partial charge in [0.05, 0.1) is 38.8 Å². The minimum Gasteiger partial charge on any atom is -0.337 e. The van der Waals surface area contributed by atoms with Crippen molar-refractivity contribution in [2.45, 2.75) is 27.7 Å². The van der Waals surface area contributed by atoms with Crippen molar-refractivity contribution in [2.24, 2.45) is 0 Å². The van der Waals surface area contributed by atoms with Crippen LogP contribution in [0.3, 0.4) is 0 Å². The highest BCUT2D eigenvalue weighted by molar-refractivity contribution is 7.54. The molecule has 1 aromatic carbocycles. The van der Waals surface area contributed by atoms with Crippen molar-refractivity contribution < 1.29 is 32.0 Å². The van der Waals surface area contributed by atoms with Gasteiger partial charge in [-0.15, -0.1) is 0 Å². The van der Waals surface area contributed by atoms with Gasteiger partial charge in [-0.2, -0.15) is 0 Å². The molecule has 0 unspecified atom stereocenters. The zero-order valence-electron chi connectivity index (χ0n) is 17.7. The molecule has 0 fully saturated rings. The average molecular weight is 449 g/mol. The average Bonchev–Trinajstić information content (AvgIpc) is 2.69. The Balaban J connectivity index is 2.98. The van der Waals surface area contributed by atoms with Gasteiger partial charge in [0.1, 0.15) is 0 Å². The smallest absolute Gasteiger partial charge is 0.332 e. The quantitative estimate of drug-likeness (QED) is 0.360. The fraction of sp³-hybridized carbons (Fsp3) is 0.632. The molecule has 0 N–H and O–H groups in total. The van der Waals surface area contributed by atoms with Crippen molar-refractivity contribution in [1.29, 1.82) is 0 Å². The first-order valence-electron chi connectivity index (χ1n) is 9.93. The monoisotopic (exact) mass is 449 g/mol. The zero-order chi connectivity index (χ0) is 21.8. The molecule has 1 rings (SSSR count). The highest BCUT2D eigenvalue weighted by atomic mass is 31.2. The van der Waals surface area contributed by atoms with Gasteiger partial charge in [0.2, 0.25) is 0 Å². The fourth-order valence-electron chi connectivity index (χ4n) is 2.68. The van der Waals surface area contributed by atoms with Gasteiger partial charge < -0.3 is 23.0 Å². The number of amides is 1. The van der Waals surface area contributed by atoms with Gasteiger partial charge in [0.15, 0.2) is 0 Å². The van der Waals surface area contributed by atoms with Crippen LogP contribution < -0.4 is 0 Å². The lowest BCUT2D eigenvalue weighted by Gasteiger charge is -2.27. The number of nitrogens with zero attached hydrogens (tertiary/aromatic N) is 1. The van der Waals surface area contributed by atoms with Crippen LogP contribution in [-0.4, -0.2) is 62.6 Å². The van der Waals surface area contributed by atoms with Crippen molar-refractivity contribution in [1.82, 2.24) is 4.90 Å². The van der Waals surface area contributed by atoms with E-state index < -0.39 is 15.2 Å². The summed E-state index contributed by atoms with van der Waals surface area (Å²) in [4.78, 5) is 14.5. The summed E-state index contributed by atoms with van der Waals surface area (Å²) < 4.78 is 46.9. The Hall–Kier alpha value is -1.01. The zero-order valence-corrected chi connectivity index (χ0v) is 19.5. The van der Waals surface area contributed by atoms with Crippen LogP contribution in [0.15, 0.2) is 30.3 Å². The topological polar surface area (TPSA) is 91.4 Å². The summed E-state index contributed by atoms with van der Waals surface area (Å²) in [5.41, 5.74) is 0.484. The molecular weight excluding hydrogens is 416 g/mol. The summed E-state index contributed by atoms with van der Waals surface area (Å²) in [6.45, 7) is 8.17. The highest BCUT2D eigenvalue weighted by Gasteiger charge is 2.29. The molecule has 0 heterocycles. The Morgan fingerprint density at radius 2 is 1.14 bits per heavy atom. The summed E-state index contributed by atoms with van der Waals surface area (Å²) in [5.74, 6) is -0.260. The van der Waals surface area contributed by atoms with E-state index in [9.17, 15) is 13.9 Å². The van der Waals surface area contributed by atoms with Crippen LogP contribution in [0.4, 0.5) is 0 Å². The number of benzene rings is 1. The van der Waals surface area contributed by atoms with E-state index in [1.807, 2.05) is 6.07 Å². The second-order valence-electron chi connectivity index (χ2n) is 6.00. The lowest BCUT2D eigenvalue weighted by atomic mass is 10.2. The van der Waals surface area contributed by atoms with E-state index in [1.165, 1.54) is 4.90 Å². The minimum absolute atomic E-state index is 0.0425. The molecule has 166 valence electrons. The van der Waals surface area contributed by atoms with Gasteiger partial charge >= 0.3 is 15.2 Å². The molecule has 1 aromatic rings. The van der Waals surface area contributed by atoms with Gasteiger partial charge in [-0.05, 0) is 39.8 Å². The number of carbonyl (C=O) groups is 1. The third-order valence-electron chi connectivity index (χ3n) is 3.90. The molecule has 0 aliphatic rings. The Kier molecular flexibility index (Phi) is 12.0. The molecule has 0 aliphatic carbocycles. The lowest BCUT2D eigenvalue weighted by molar-refractivity contribution is 0.0769. The molecule has 8 nitrogen and oxygen atoms in total. The summed E-state index contributed by atoms with van der Waals surface area (Å²) in [6.07, 6.45) is 0.0850. The van der Waals surface area contributed by atoms with Crippen molar-refractivity contribution in [3.05, 3.63) is 35.9 Å². The van der Waals surface area contributed by atoms with E-state index in [1.54, 1.807) is 52.0 Å². The third kappa shape index (κ3) is 9.12. The van der Waals surface area contributed by atoms with Crippen LogP contribution in [0, 0.1) is 0 Å². The first kappa shape index (κ1) is 26.0. The third-order valence-corrected chi connectivity index (χ3v) is 8.00. The van der Waals surface area contributed by atoms with E-state index in [0.717, 1.165) is 0 Å². The lowest BCUT2D eigenvalue weighted by Crippen LogP contribution is -2.36.